The molecule has 146 valence electrons. The molecule has 1 atom stereocenters. The van der Waals surface area contributed by atoms with Crippen LogP contribution in [0.1, 0.15) is 22.7 Å². The number of benzene rings is 3. The van der Waals surface area contributed by atoms with Crippen LogP contribution in [-0.2, 0) is 9.59 Å². The van der Waals surface area contributed by atoms with Crippen LogP contribution in [0.5, 0.6) is 0 Å². The molecule has 1 aliphatic heterocycles. The smallest absolute Gasteiger partial charge is 0.255 e. The lowest BCUT2D eigenvalue weighted by molar-refractivity contribution is -0.128. The van der Waals surface area contributed by atoms with Crippen molar-refractivity contribution in [2.75, 3.05) is 16.3 Å². The first-order valence-corrected chi connectivity index (χ1v) is 9.85. The van der Waals surface area contributed by atoms with E-state index in [-0.39, 0.29) is 18.4 Å². The van der Waals surface area contributed by atoms with Crippen molar-refractivity contribution in [2.24, 2.45) is 0 Å². The molecule has 0 spiro atoms. The number of rotatable bonds is 3. The number of piperazine rings is 1. The second kappa shape index (κ2) is 7.72. The highest BCUT2D eigenvalue weighted by Gasteiger charge is 2.42. The molecule has 3 aromatic rings. The van der Waals surface area contributed by atoms with Crippen LogP contribution in [0.15, 0.2) is 72.8 Å². The van der Waals surface area contributed by atoms with Crippen molar-refractivity contribution < 1.29 is 9.59 Å². The number of para-hydroxylation sites is 1. The van der Waals surface area contributed by atoms with Gasteiger partial charge >= 0.3 is 0 Å². The zero-order valence-corrected chi connectivity index (χ0v) is 17.1. The molecule has 0 aliphatic carbocycles. The molecule has 0 aromatic heterocycles. The van der Waals surface area contributed by atoms with Crippen molar-refractivity contribution >= 4 is 34.8 Å². The van der Waals surface area contributed by atoms with E-state index in [2.05, 4.69) is 0 Å². The first kappa shape index (κ1) is 19.2. The molecule has 1 fully saturated rings. The largest absolute Gasteiger partial charge is 0.300 e. The molecule has 3 aromatic carbocycles. The standard InChI is InChI=1S/C24H21ClN2O2/c1-16-7-6-8-17(2)22(16)26-15-21(28)27(20-13-11-19(25)12-14-20)23(24(26)29)18-9-4-3-5-10-18/h3-14,23H,15H2,1-2H3. The molecule has 1 aliphatic rings. The summed E-state index contributed by atoms with van der Waals surface area (Å²) < 4.78 is 0. The van der Waals surface area contributed by atoms with Gasteiger partial charge in [0.15, 0.2) is 0 Å². The summed E-state index contributed by atoms with van der Waals surface area (Å²) >= 11 is 6.03. The van der Waals surface area contributed by atoms with Crippen molar-refractivity contribution in [3.8, 4) is 0 Å². The molecule has 0 N–H and O–H groups in total. The van der Waals surface area contributed by atoms with E-state index in [9.17, 15) is 9.59 Å². The molecule has 0 radical (unpaired) electrons. The van der Waals surface area contributed by atoms with E-state index in [1.165, 1.54) is 0 Å². The lowest BCUT2D eigenvalue weighted by atomic mass is 9.98. The van der Waals surface area contributed by atoms with Crippen molar-refractivity contribution in [1.29, 1.82) is 0 Å². The van der Waals surface area contributed by atoms with Crippen LogP contribution < -0.4 is 9.80 Å². The molecule has 0 saturated carbocycles. The molecule has 29 heavy (non-hydrogen) atoms. The highest BCUT2D eigenvalue weighted by molar-refractivity contribution is 6.30. The van der Waals surface area contributed by atoms with Crippen molar-refractivity contribution in [1.82, 2.24) is 0 Å². The van der Waals surface area contributed by atoms with Gasteiger partial charge in [0.05, 0.1) is 5.69 Å². The summed E-state index contributed by atoms with van der Waals surface area (Å²) in [7, 11) is 0. The van der Waals surface area contributed by atoms with Crippen LogP contribution in [0.3, 0.4) is 0 Å². The summed E-state index contributed by atoms with van der Waals surface area (Å²) in [5.74, 6) is -0.258. The Balaban J connectivity index is 1.84. The average molecular weight is 405 g/mol. The predicted molar refractivity (Wildman–Crippen MR) is 116 cm³/mol. The van der Waals surface area contributed by atoms with E-state index in [1.807, 2.05) is 62.4 Å². The van der Waals surface area contributed by atoms with E-state index in [4.69, 9.17) is 11.6 Å². The van der Waals surface area contributed by atoms with Gasteiger partial charge in [-0.1, -0.05) is 60.1 Å². The highest BCUT2D eigenvalue weighted by atomic mass is 35.5. The first-order chi connectivity index (χ1) is 14.0. The number of aryl methyl sites for hydroxylation is 2. The van der Waals surface area contributed by atoms with Gasteiger partial charge in [0.2, 0.25) is 5.91 Å². The minimum absolute atomic E-state index is 0.00349. The fourth-order valence-corrected chi connectivity index (χ4v) is 4.06. The number of hydrogen-bond donors (Lipinski definition) is 0. The highest BCUT2D eigenvalue weighted by Crippen LogP contribution is 2.36. The maximum Gasteiger partial charge on any atom is 0.255 e. The Morgan fingerprint density at radius 2 is 1.45 bits per heavy atom. The van der Waals surface area contributed by atoms with E-state index < -0.39 is 6.04 Å². The molecule has 4 rings (SSSR count). The van der Waals surface area contributed by atoms with Gasteiger partial charge in [-0.15, -0.1) is 0 Å². The summed E-state index contributed by atoms with van der Waals surface area (Å²) in [6, 6.07) is 21.6. The maximum absolute atomic E-state index is 13.7. The van der Waals surface area contributed by atoms with Gasteiger partial charge in [-0.2, -0.15) is 0 Å². The summed E-state index contributed by atoms with van der Waals surface area (Å²) in [6.45, 7) is 3.92. The Morgan fingerprint density at radius 3 is 2.07 bits per heavy atom. The topological polar surface area (TPSA) is 40.6 Å². The third-order valence-electron chi connectivity index (χ3n) is 5.25. The molecular formula is C24H21ClN2O2. The SMILES string of the molecule is Cc1cccc(C)c1N1CC(=O)N(c2ccc(Cl)cc2)C(c2ccccc2)C1=O. The van der Waals surface area contributed by atoms with Crippen LogP contribution in [0, 0.1) is 13.8 Å². The van der Waals surface area contributed by atoms with Gasteiger partial charge in [-0.3, -0.25) is 14.5 Å². The van der Waals surface area contributed by atoms with Crippen LogP contribution in [0.4, 0.5) is 11.4 Å². The minimum Gasteiger partial charge on any atom is -0.300 e. The van der Waals surface area contributed by atoms with Gasteiger partial charge < -0.3 is 4.90 Å². The third-order valence-corrected chi connectivity index (χ3v) is 5.50. The monoisotopic (exact) mass is 404 g/mol. The molecule has 1 heterocycles. The molecule has 4 nitrogen and oxygen atoms in total. The molecule has 1 saturated heterocycles. The van der Waals surface area contributed by atoms with Gasteiger partial charge in [0.25, 0.3) is 5.91 Å². The van der Waals surface area contributed by atoms with Gasteiger partial charge in [0.1, 0.15) is 12.6 Å². The molecule has 5 heteroatoms. The Morgan fingerprint density at radius 1 is 0.828 bits per heavy atom. The van der Waals surface area contributed by atoms with Crippen LogP contribution in [-0.4, -0.2) is 18.4 Å². The van der Waals surface area contributed by atoms with Crippen LogP contribution in [0.2, 0.25) is 5.02 Å². The lowest BCUT2D eigenvalue weighted by Gasteiger charge is -2.41. The van der Waals surface area contributed by atoms with Crippen LogP contribution in [0.25, 0.3) is 0 Å². The van der Waals surface area contributed by atoms with Crippen molar-refractivity contribution in [3.63, 3.8) is 0 Å². The first-order valence-electron chi connectivity index (χ1n) is 9.47. The van der Waals surface area contributed by atoms with Gasteiger partial charge in [0, 0.05) is 10.7 Å². The zero-order chi connectivity index (χ0) is 20.5. The lowest BCUT2D eigenvalue weighted by Crippen LogP contribution is -2.56. The zero-order valence-electron chi connectivity index (χ0n) is 16.3. The van der Waals surface area contributed by atoms with Crippen molar-refractivity contribution in [2.45, 2.75) is 19.9 Å². The Kier molecular flexibility index (Phi) is 5.12. The van der Waals surface area contributed by atoms with Crippen LogP contribution >= 0.6 is 11.6 Å². The number of carbonyl (C=O) groups excluding carboxylic acids is 2. The Labute approximate surface area is 175 Å². The molecular weight excluding hydrogens is 384 g/mol. The van der Waals surface area contributed by atoms with E-state index in [0.717, 1.165) is 22.4 Å². The van der Waals surface area contributed by atoms with E-state index in [0.29, 0.717) is 10.7 Å². The fourth-order valence-electron chi connectivity index (χ4n) is 3.93. The normalized spacial score (nSPS) is 17.0. The number of anilines is 2. The summed E-state index contributed by atoms with van der Waals surface area (Å²) in [4.78, 5) is 30.3. The summed E-state index contributed by atoms with van der Waals surface area (Å²) in [6.07, 6.45) is 0. The second-order valence-electron chi connectivity index (χ2n) is 7.22. The van der Waals surface area contributed by atoms with E-state index >= 15 is 0 Å². The molecule has 1 unspecified atom stereocenters. The van der Waals surface area contributed by atoms with Gasteiger partial charge in [-0.25, -0.2) is 0 Å². The van der Waals surface area contributed by atoms with E-state index in [1.54, 1.807) is 34.1 Å². The third kappa shape index (κ3) is 3.52. The number of halogens is 1. The Hall–Kier alpha value is -3.11. The quantitative estimate of drug-likeness (QED) is 0.610. The summed E-state index contributed by atoms with van der Waals surface area (Å²) in [5, 5.41) is 0.581. The second-order valence-corrected chi connectivity index (χ2v) is 7.65. The maximum atomic E-state index is 13.7. The van der Waals surface area contributed by atoms with Gasteiger partial charge in [-0.05, 0) is 54.8 Å². The molecule has 0 bridgehead atoms. The molecule has 2 amide bonds. The number of nitrogens with zero attached hydrogens (tertiary/aromatic N) is 2. The average Bonchev–Trinajstić information content (AvgIpc) is 2.71. The summed E-state index contributed by atoms with van der Waals surface area (Å²) in [5.41, 5.74) is 4.18. The van der Waals surface area contributed by atoms with Crippen molar-refractivity contribution in [3.05, 3.63) is 94.5 Å². The number of carbonyl (C=O) groups is 2. The fraction of sp³-hybridized carbons (Fsp3) is 0.167. The number of hydrogen-bond acceptors (Lipinski definition) is 2. The predicted octanol–water partition coefficient (Wildman–Crippen LogP) is 5.08. The Bertz CT molecular complexity index is 1040. The number of amides is 2. The minimum atomic E-state index is -0.738.